The van der Waals surface area contributed by atoms with Gasteiger partial charge in [-0.3, -0.25) is 0 Å². The first kappa shape index (κ1) is 13.7. The first-order valence-corrected chi connectivity index (χ1v) is 6.48. The van der Waals surface area contributed by atoms with Gasteiger partial charge in [0.25, 0.3) is 0 Å². The average molecular weight is 263 g/mol. The summed E-state index contributed by atoms with van der Waals surface area (Å²) in [5.41, 5.74) is 8.61. The standard InChI is InChI=1S/C14H21N3O2/c1-10-7-12(3-4-13(10)14(15)16-18)17-6-5-11(8-17)9-19-2/h3-4,7,11,18H,5-6,8-9H2,1-2H3,(H2,15,16). The van der Waals surface area contributed by atoms with Gasteiger partial charge in [0.1, 0.15) is 0 Å². The molecule has 19 heavy (non-hydrogen) atoms. The Labute approximate surface area is 113 Å². The zero-order valence-corrected chi connectivity index (χ0v) is 11.5. The zero-order valence-electron chi connectivity index (χ0n) is 11.5. The summed E-state index contributed by atoms with van der Waals surface area (Å²) < 4.78 is 5.21. The van der Waals surface area contributed by atoms with Gasteiger partial charge in [0.2, 0.25) is 0 Å². The van der Waals surface area contributed by atoms with Crippen molar-refractivity contribution in [2.24, 2.45) is 16.8 Å². The molecular formula is C14H21N3O2. The van der Waals surface area contributed by atoms with Gasteiger partial charge in [-0.25, -0.2) is 0 Å². The minimum absolute atomic E-state index is 0.155. The van der Waals surface area contributed by atoms with Crippen LogP contribution in [0.25, 0.3) is 0 Å². The highest BCUT2D eigenvalue weighted by molar-refractivity contribution is 5.98. The van der Waals surface area contributed by atoms with Crippen LogP contribution in [0.2, 0.25) is 0 Å². The maximum absolute atomic E-state index is 8.73. The molecule has 1 heterocycles. The molecule has 0 aliphatic carbocycles. The molecule has 1 aliphatic rings. The Kier molecular flexibility index (Phi) is 4.27. The van der Waals surface area contributed by atoms with Gasteiger partial charge < -0.3 is 20.6 Å². The van der Waals surface area contributed by atoms with E-state index in [1.807, 2.05) is 19.1 Å². The van der Waals surface area contributed by atoms with Crippen molar-refractivity contribution >= 4 is 11.5 Å². The number of anilines is 1. The maximum atomic E-state index is 8.73. The second kappa shape index (κ2) is 5.93. The molecule has 1 atom stereocenters. The van der Waals surface area contributed by atoms with E-state index >= 15 is 0 Å². The highest BCUT2D eigenvalue weighted by Crippen LogP contribution is 2.25. The first-order chi connectivity index (χ1) is 9.15. The fraction of sp³-hybridized carbons (Fsp3) is 0.500. The third kappa shape index (κ3) is 2.98. The maximum Gasteiger partial charge on any atom is 0.170 e. The van der Waals surface area contributed by atoms with Gasteiger partial charge in [0.15, 0.2) is 5.84 Å². The Morgan fingerprint density at radius 3 is 3.00 bits per heavy atom. The van der Waals surface area contributed by atoms with Gasteiger partial charge in [-0.1, -0.05) is 5.16 Å². The monoisotopic (exact) mass is 263 g/mol. The van der Waals surface area contributed by atoms with Crippen molar-refractivity contribution < 1.29 is 9.94 Å². The van der Waals surface area contributed by atoms with Crippen molar-refractivity contribution in [3.8, 4) is 0 Å². The van der Waals surface area contributed by atoms with Crippen LogP contribution in [0.4, 0.5) is 5.69 Å². The minimum atomic E-state index is 0.155. The first-order valence-electron chi connectivity index (χ1n) is 6.48. The fourth-order valence-electron chi connectivity index (χ4n) is 2.62. The molecular weight excluding hydrogens is 242 g/mol. The van der Waals surface area contributed by atoms with Gasteiger partial charge in [-0.15, -0.1) is 0 Å². The molecule has 2 rings (SSSR count). The van der Waals surface area contributed by atoms with Crippen LogP contribution in [-0.2, 0) is 4.74 Å². The van der Waals surface area contributed by atoms with E-state index in [1.165, 1.54) is 5.69 Å². The number of ether oxygens (including phenoxy) is 1. The number of nitrogens with two attached hydrogens (primary N) is 1. The van der Waals surface area contributed by atoms with E-state index in [1.54, 1.807) is 7.11 Å². The number of benzene rings is 1. The van der Waals surface area contributed by atoms with Gasteiger partial charge in [-0.05, 0) is 37.1 Å². The molecule has 104 valence electrons. The van der Waals surface area contributed by atoms with Crippen LogP contribution in [0.3, 0.4) is 0 Å². The summed E-state index contributed by atoms with van der Waals surface area (Å²) in [6, 6.07) is 6.02. The molecule has 5 heteroatoms. The average Bonchev–Trinajstić information content (AvgIpc) is 2.87. The fourth-order valence-corrected chi connectivity index (χ4v) is 2.62. The second-order valence-corrected chi connectivity index (χ2v) is 5.04. The molecule has 1 aromatic carbocycles. The van der Waals surface area contributed by atoms with E-state index in [-0.39, 0.29) is 5.84 Å². The van der Waals surface area contributed by atoms with E-state index in [9.17, 15) is 0 Å². The van der Waals surface area contributed by atoms with Crippen LogP contribution >= 0.6 is 0 Å². The highest BCUT2D eigenvalue weighted by Gasteiger charge is 2.22. The van der Waals surface area contributed by atoms with E-state index < -0.39 is 0 Å². The van der Waals surface area contributed by atoms with Gasteiger partial charge in [-0.2, -0.15) is 0 Å². The van der Waals surface area contributed by atoms with E-state index in [0.29, 0.717) is 5.92 Å². The normalized spacial score (nSPS) is 20.0. The quantitative estimate of drug-likeness (QED) is 0.374. The van der Waals surface area contributed by atoms with Crippen LogP contribution in [0.5, 0.6) is 0 Å². The third-order valence-corrected chi connectivity index (χ3v) is 3.65. The van der Waals surface area contributed by atoms with Crippen molar-refractivity contribution in [1.29, 1.82) is 0 Å². The molecule has 1 unspecified atom stereocenters. The number of hydrogen-bond acceptors (Lipinski definition) is 4. The predicted octanol–water partition coefficient (Wildman–Crippen LogP) is 1.56. The molecule has 1 fully saturated rings. The van der Waals surface area contributed by atoms with Crippen molar-refractivity contribution in [3.63, 3.8) is 0 Å². The molecule has 1 aliphatic heterocycles. The number of nitrogens with zero attached hydrogens (tertiary/aromatic N) is 2. The zero-order chi connectivity index (χ0) is 13.8. The SMILES string of the molecule is COCC1CCN(c2ccc(/C(N)=N/O)c(C)c2)C1. The number of methoxy groups -OCH3 is 1. The van der Waals surface area contributed by atoms with E-state index in [4.69, 9.17) is 15.7 Å². The molecule has 1 aromatic rings. The van der Waals surface area contributed by atoms with Crippen LogP contribution in [-0.4, -0.2) is 37.8 Å². The van der Waals surface area contributed by atoms with Crippen molar-refractivity contribution in [1.82, 2.24) is 0 Å². The van der Waals surface area contributed by atoms with Crippen LogP contribution in [0.15, 0.2) is 23.4 Å². The Morgan fingerprint density at radius 1 is 1.58 bits per heavy atom. The highest BCUT2D eigenvalue weighted by atomic mass is 16.5. The van der Waals surface area contributed by atoms with Crippen molar-refractivity contribution in [2.45, 2.75) is 13.3 Å². The molecule has 3 N–H and O–H groups in total. The summed E-state index contributed by atoms with van der Waals surface area (Å²) in [6.45, 7) is 4.86. The largest absolute Gasteiger partial charge is 0.409 e. The summed E-state index contributed by atoms with van der Waals surface area (Å²) in [5, 5.41) is 11.8. The van der Waals surface area contributed by atoms with E-state index in [2.05, 4.69) is 16.1 Å². The summed E-state index contributed by atoms with van der Waals surface area (Å²) in [4.78, 5) is 2.35. The van der Waals surface area contributed by atoms with E-state index in [0.717, 1.165) is 37.2 Å². The Bertz CT molecular complexity index is 474. The van der Waals surface area contributed by atoms with Crippen LogP contribution in [0.1, 0.15) is 17.5 Å². The lowest BCUT2D eigenvalue weighted by Gasteiger charge is -2.20. The third-order valence-electron chi connectivity index (χ3n) is 3.65. The summed E-state index contributed by atoms with van der Waals surface area (Å²) in [5.74, 6) is 0.761. The second-order valence-electron chi connectivity index (χ2n) is 5.04. The van der Waals surface area contributed by atoms with Crippen LogP contribution < -0.4 is 10.6 Å². The summed E-state index contributed by atoms with van der Waals surface area (Å²) >= 11 is 0. The van der Waals surface area contributed by atoms with Gasteiger partial charge in [0.05, 0.1) is 6.61 Å². The lowest BCUT2D eigenvalue weighted by Crippen LogP contribution is -2.21. The number of amidine groups is 1. The Morgan fingerprint density at radius 2 is 2.37 bits per heavy atom. The summed E-state index contributed by atoms with van der Waals surface area (Å²) in [7, 11) is 1.75. The lowest BCUT2D eigenvalue weighted by atomic mass is 10.1. The number of oxime groups is 1. The molecule has 0 radical (unpaired) electrons. The molecule has 1 saturated heterocycles. The smallest absolute Gasteiger partial charge is 0.170 e. The van der Waals surface area contributed by atoms with Crippen molar-refractivity contribution in [2.75, 3.05) is 31.7 Å². The minimum Gasteiger partial charge on any atom is -0.409 e. The number of rotatable bonds is 4. The molecule has 0 spiro atoms. The van der Waals surface area contributed by atoms with Gasteiger partial charge in [0, 0.05) is 37.4 Å². The number of hydrogen-bond donors (Lipinski definition) is 2. The topological polar surface area (TPSA) is 71.1 Å². The molecule has 0 bridgehead atoms. The molecule has 0 saturated carbocycles. The number of aryl methyl sites for hydroxylation is 1. The molecule has 0 amide bonds. The van der Waals surface area contributed by atoms with Gasteiger partial charge >= 0.3 is 0 Å². The lowest BCUT2D eigenvalue weighted by molar-refractivity contribution is 0.161. The molecule has 5 nitrogen and oxygen atoms in total. The molecule has 0 aromatic heterocycles. The Hall–Kier alpha value is -1.75. The van der Waals surface area contributed by atoms with Crippen molar-refractivity contribution in [3.05, 3.63) is 29.3 Å². The summed E-state index contributed by atoms with van der Waals surface area (Å²) in [6.07, 6.45) is 1.16. The van der Waals surface area contributed by atoms with Crippen LogP contribution in [0, 0.1) is 12.8 Å². The Balaban J connectivity index is 2.13. The predicted molar refractivity (Wildman–Crippen MR) is 75.9 cm³/mol.